The van der Waals surface area contributed by atoms with Gasteiger partial charge in [-0.3, -0.25) is 14.1 Å². The monoisotopic (exact) mass is 632 g/mol. The van der Waals surface area contributed by atoms with Gasteiger partial charge in [0.05, 0.1) is 6.10 Å². The lowest BCUT2D eigenvalue weighted by atomic mass is 9.43. The minimum atomic E-state index is -6.50. The predicted octanol–water partition coefficient (Wildman–Crippen LogP) is 5.53. The number of carbonyl (C=O) groups is 2. The molecule has 0 bridgehead atoms. The van der Waals surface area contributed by atoms with Crippen LogP contribution in [0.25, 0.3) is 0 Å². The number of aliphatic hydroxyl groups excluding tert-OH is 1. The van der Waals surface area contributed by atoms with Gasteiger partial charge in [-0.2, -0.15) is 30.4 Å². The number of hydrogen-bond acceptors (Lipinski definition) is 7. The molecule has 2 N–H and O–H groups in total. The number of ether oxygens (including phenoxy) is 2. The minimum absolute atomic E-state index is 0.0395. The first kappa shape index (κ1) is 33.4. The highest BCUT2D eigenvalue weighted by atomic mass is 32.2. The fourth-order valence-corrected chi connectivity index (χ4v) is 10.1. The van der Waals surface area contributed by atoms with Gasteiger partial charge in [0.25, 0.3) is 12.6 Å². The number of esters is 1. The second-order valence-corrected chi connectivity index (χ2v) is 15.1. The van der Waals surface area contributed by atoms with Gasteiger partial charge in [-0.25, -0.2) is 0 Å². The zero-order valence-corrected chi connectivity index (χ0v) is 24.8. The quantitative estimate of drug-likeness (QED) is 0.147. The molecule has 14 heteroatoms. The maximum absolute atomic E-state index is 13.8. The lowest BCUT2D eigenvalue weighted by Gasteiger charge is -2.62. The number of carbonyl (C=O) groups excluding carboxylic acids is 2. The zero-order chi connectivity index (χ0) is 31.5. The Bertz CT molecular complexity index is 1130. The van der Waals surface area contributed by atoms with E-state index < -0.39 is 46.1 Å². The van der Waals surface area contributed by atoms with Gasteiger partial charge in [0, 0.05) is 6.42 Å². The summed E-state index contributed by atoms with van der Waals surface area (Å²) in [4.78, 5) is 23.1. The van der Waals surface area contributed by atoms with E-state index in [1.165, 1.54) is 0 Å². The van der Waals surface area contributed by atoms with Crippen molar-refractivity contribution < 1.29 is 59.1 Å². The number of fused-ring (bicyclic) bond motifs is 5. The summed E-state index contributed by atoms with van der Waals surface area (Å²) in [5, 5.41) is 5.52. The molecular formula is C28H41F5O8S. The summed E-state index contributed by atoms with van der Waals surface area (Å²) in [6.45, 7) is 6.79. The minimum Gasteiger partial charge on any atom is -0.465 e. The third-order valence-electron chi connectivity index (χ3n) is 11.6. The van der Waals surface area contributed by atoms with Crippen LogP contribution in [-0.4, -0.2) is 60.3 Å². The van der Waals surface area contributed by atoms with Gasteiger partial charge in [0.15, 0.2) is 0 Å². The number of halogens is 5. The molecular weight excluding hydrogens is 591 g/mol. The fraction of sp³-hybridized carbons (Fsp3) is 0.929. The van der Waals surface area contributed by atoms with E-state index in [2.05, 4.69) is 18.6 Å². The summed E-state index contributed by atoms with van der Waals surface area (Å²) >= 11 is 0. The van der Waals surface area contributed by atoms with E-state index in [1.54, 1.807) is 0 Å². The van der Waals surface area contributed by atoms with Crippen molar-refractivity contribution in [3.05, 3.63) is 0 Å². The number of aliphatic hydroxyl groups is 1. The molecule has 0 heterocycles. The van der Waals surface area contributed by atoms with Crippen molar-refractivity contribution in [1.29, 1.82) is 0 Å². The van der Waals surface area contributed by atoms with Crippen LogP contribution in [0.2, 0.25) is 0 Å². The van der Waals surface area contributed by atoms with Crippen molar-refractivity contribution in [2.45, 2.75) is 115 Å². The van der Waals surface area contributed by atoms with E-state index in [0.29, 0.717) is 31.1 Å². The summed E-state index contributed by atoms with van der Waals surface area (Å²) in [6, 6.07) is 0. The van der Waals surface area contributed by atoms with Crippen LogP contribution in [0, 0.1) is 46.3 Å². The molecule has 0 radical (unpaired) electrons. The average Bonchev–Trinajstić information content (AvgIpc) is 3.23. The van der Waals surface area contributed by atoms with Crippen molar-refractivity contribution in [2.75, 3.05) is 0 Å². The van der Waals surface area contributed by atoms with Crippen LogP contribution in [0.1, 0.15) is 85.0 Å². The van der Waals surface area contributed by atoms with Crippen LogP contribution in [0.3, 0.4) is 0 Å². The first-order chi connectivity index (χ1) is 19.3. The first-order valence-corrected chi connectivity index (χ1v) is 16.1. The molecule has 242 valence electrons. The normalized spacial score (nSPS) is 40.2. The predicted molar refractivity (Wildman–Crippen MR) is 138 cm³/mol. The molecule has 0 aliphatic heterocycles. The third-order valence-corrected chi connectivity index (χ3v) is 12.5. The van der Waals surface area contributed by atoms with Crippen molar-refractivity contribution in [3.63, 3.8) is 0 Å². The molecule has 0 aromatic heterocycles. The molecule has 2 unspecified atom stereocenters. The SMILES string of the molecule is C[C@H](CCC(=O)OC(C(F)(F)F)C(F)(F)S(=O)(=O)O)[C@H]1CC[C@H]2[C@@H]3C[C@H](O)C4C[C@H](OC=O)CC[C@]4(C)[C@H]3CC[C@]12C. The van der Waals surface area contributed by atoms with Crippen LogP contribution >= 0.6 is 0 Å². The van der Waals surface area contributed by atoms with Gasteiger partial charge in [0.2, 0.25) is 0 Å². The second-order valence-electron chi connectivity index (χ2n) is 13.6. The average molecular weight is 633 g/mol. The van der Waals surface area contributed by atoms with Crippen LogP contribution in [0.15, 0.2) is 0 Å². The Morgan fingerprint density at radius 1 is 1.00 bits per heavy atom. The molecule has 4 aliphatic carbocycles. The Morgan fingerprint density at radius 3 is 2.21 bits per heavy atom. The van der Waals surface area contributed by atoms with Gasteiger partial charge >= 0.3 is 27.5 Å². The lowest BCUT2D eigenvalue weighted by molar-refractivity contribution is -0.259. The Labute approximate surface area is 242 Å². The van der Waals surface area contributed by atoms with Gasteiger partial charge in [-0.1, -0.05) is 20.8 Å². The molecule has 0 spiro atoms. The van der Waals surface area contributed by atoms with E-state index in [1.807, 2.05) is 6.92 Å². The Balaban J connectivity index is 1.41. The first-order valence-electron chi connectivity index (χ1n) is 14.7. The standard InChI is InChI=1S/C28H41F5O8S/c1-15(4-7-23(36)41-24(27(29,30)31)28(32,33)42(37,38)39)18-5-6-19-17-13-22(35)21-12-16(40-14-34)8-10-26(21,3)20(17)9-11-25(18,19)2/h14-22,24,35H,4-13H2,1-3H3,(H,37,38,39)/t15-,16-,17+,18-,19+,20+,21?,22+,24?,25-,26-/m1/s1. The molecule has 4 fully saturated rings. The number of hydrogen-bond donors (Lipinski definition) is 2. The maximum Gasteiger partial charge on any atom is 0.432 e. The molecule has 0 amide bonds. The van der Waals surface area contributed by atoms with Crippen LogP contribution < -0.4 is 0 Å². The fourth-order valence-electron chi connectivity index (χ4n) is 9.64. The molecule has 4 rings (SSSR count). The van der Waals surface area contributed by atoms with Crippen LogP contribution in [0.5, 0.6) is 0 Å². The van der Waals surface area contributed by atoms with Crippen molar-refractivity contribution >= 4 is 22.6 Å². The largest absolute Gasteiger partial charge is 0.465 e. The highest BCUT2D eigenvalue weighted by Crippen LogP contribution is 2.68. The van der Waals surface area contributed by atoms with Gasteiger partial charge in [0.1, 0.15) is 6.10 Å². The molecule has 0 saturated heterocycles. The Kier molecular flexibility index (Phi) is 9.08. The van der Waals surface area contributed by atoms with Gasteiger partial charge in [-0.05, 0) is 104 Å². The zero-order valence-electron chi connectivity index (χ0n) is 24.0. The highest BCUT2D eigenvalue weighted by Gasteiger charge is 2.66. The topological polar surface area (TPSA) is 127 Å². The number of alkyl halides is 5. The van der Waals surface area contributed by atoms with Crippen LogP contribution in [-0.2, 0) is 29.2 Å². The molecule has 42 heavy (non-hydrogen) atoms. The van der Waals surface area contributed by atoms with E-state index in [4.69, 9.17) is 9.29 Å². The van der Waals surface area contributed by atoms with E-state index >= 15 is 0 Å². The summed E-state index contributed by atoms with van der Waals surface area (Å²) in [5.74, 6) is -0.668. The van der Waals surface area contributed by atoms with Crippen LogP contribution in [0.4, 0.5) is 22.0 Å². The molecule has 8 nitrogen and oxygen atoms in total. The van der Waals surface area contributed by atoms with Crippen molar-refractivity contribution in [2.24, 2.45) is 46.3 Å². The summed E-state index contributed by atoms with van der Waals surface area (Å²) < 4.78 is 107. The van der Waals surface area contributed by atoms with E-state index in [9.17, 15) is 45.1 Å². The molecule has 0 aromatic carbocycles. The summed E-state index contributed by atoms with van der Waals surface area (Å²) in [5.41, 5.74) is -0.225. The van der Waals surface area contributed by atoms with Crippen molar-refractivity contribution in [1.82, 2.24) is 0 Å². The van der Waals surface area contributed by atoms with E-state index in [-0.39, 0.29) is 47.0 Å². The maximum atomic E-state index is 13.8. The van der Waals surface area contributed by atoms with Gasteiger partial charge in [-0.15, -0.1) is 0 Å². The van der Waals surface area contributed by atoms with Crippen molar-refractivity contribution in [3.8, 4) is 0 Å². The van der Waals surface area contributed by atoms with E-state index in [0.717, 1.165) is 38.5 Å². The number of rotatable bonds is 9. The third kappa shape index (κ3) is 5.80. The molecule has 0 aromatic rings. The summed E-state index contributed by atoms with van der Waals surface area (Å²) in [6.07, 6.45) is -5.06. The van der Waals surface area contributed by atoms with Gasteiger partial charge < -0.3 is 14.6 Å². The Morgan fingerprint density at radius 2 is 1.62 bits per heavy atom. The molecule has 4 aliphatic rings. The molecule has 4 saturated carbocycles. The lowest BCUT2D eigenvalue weighted by Crippen LogP contribution is -2.58. The Hall–Kier alpha value is -1.54. The smallest absolute Gasteiger partial charge is 0.432 e. The molecule has 11 atom stereocenters. The highest BCUT2D eigenvalue weighted by molar-refractivity contribution is 7.86. The second kappa shape index (κ2) is 11.4. The summed E-state index contributed by atoms with van der Waals surface area (Å²) in [7, 11) is -6.50.